The molecule has 3 aromatic rings. The van der Waals surface area contributed by atoms with E-state index < -0.39 is 0 Å². The van der Waals surface area contributed by atoms with Gasteiger partial charge in [-0.1, -0.05) is 77.3 Å². The lowest BCUT2D eigenvalue weighted by atomic mass is 10.0. The van der Waals surface area contributed by atoms with E-state index in [1.165, 1.54) is 27.7 Å². The minimum atomic E-state index is 0. The molecule has 1 nitrogen and oxygen atoms in total. The topological polar surface area (TPSA) is 0 Å². The third-order valence-electron chi connectivity index (χ3n) is 3.87. The molecule has 0 saturated heterocycles. The summed E-state index contributed by atoms with van der Waals surface area (Å²) in [5, 5.41) is 3.63. The molecule has 0 saturated carbocycles. The fraction of sp³-hybridized carbons (Fsp3) is 0.222. The lowest BCUT2D eigenvalue weighted by Crippen LogP contribution is -3.00. The molecule has 0 radical (unpaired) electrons. The summed E-state index contributed by atoms with van der Waals surface area (Å²) in [6, 6.07) is 14.9. The summed E-state index contributed by atoms with van der Waals surface area (Å²) < 4.78 is 1.35. The van der Waals surface area contributed by atoms with E-state index in [2.05, 4.69) is 56.6 Å². The summed E-state index contributed by atoms with van der Waals surface area (Å²) in [7, 11) is 4.39. The fourth-order valence-electron chi connectivity index (χ4n) is 2.84. The molecule has 0 N–H and O–H groups in total. The van der Waals surface area contributed by atoms with E-state index in [-0.39, 0.29) is 24.0 Å². The van der Waals surface area contributed by atoms with Crippen molar-refractivity contribution in [1.82, 2.24) is 0 Å². The maximum Gasteiger partial charge on any atom is 0.115 e. The molecule has 0 aliphatic rings. The van der Waals surface area contributed by atoms with E-state index in [1.54, 1.807) is 0 Å². The van der Waals surface area contributed by atoms with Crippen molar-refractivity contribution in [3.05, 3.63) is 67.3 Å². The first-order chi connectivity index (χ1) is 10.9. The molecule has 1 heterocycles. The van der Waals surface area contributed by atoms with Crippen LogP contribution < -0.4 is 24.0 Å². The summed E-state index contributed by atoms with van der Waals surface area (Å²) in [6.45, 7) is 1.70. The normalized spacial score (nSPS) is 11.5. The van der Waals surface area contributed by atoms with Gasteiger partial charge in [0, 0.05) is 5.56 Å². The number of rotatable bonds is 4. The molecule has 6 heteroatoms. The second-order valence-corrected chi connectivity index (χ2v) is 8.78. The smallest absolute Gasteiger partial charge is 0.115 e. The Morgan fingerprint density at radius 3 is 2.21 bits per heavy atom. The first-order valence-electron chi connectivity index (χ1n) is 7.28. The van der Waals surface area contributed by atoms with E-state index >= 15 is 0 Å². The third-order valence-corrected chi connectivity index (χ3v) is 6.47. The van der Waals surface area contributed by atoms with E-state index in [0.717, 1.165) is 22.4 Å². The molecule has 0 unspecified atom stereocenters. The molecule has 2 aromatic carbocycles. The van der Waals surface area contributed by atoms with Crippen LogP contribution in [0, 0.1) is 0 Å². The van der Waals surface area contributed by atoms with Crippen molar-refractivity contribution in [2.75, 3.05) is 14.1 Å². The number of quaternary nitrogens is 1. The Kier molecular flexibility index (Phi) is 6.85. The van der Waals surface area contributed by atoms with Gasteiger partial charge in [-0.25, -0.2) is 0 Å². The minimum absolute atomic E-state index is 0. The quantitative estimate of drug-likeness (QED) is 0.370. The van der Waals surface area contributed by atoms with Crippen molar-refractivity contribution in [3.8, 4) is 0 Å². The van der Waals surface area contributed by atoms with Crippen molar-refractivity contribution >= 4 is 56.9 Å². The average Bonchev–Trinajstić information content (AvgIpc) is 2.74. The largest absolute Gasteiger partial charge is 1.00 e. The highest BCUT2D eigenvalue weighted by Gasteiger charge is 2.23. The summed E-state index contributed by atoms with van der Waals surface area (Å²) in [4.78, 5) is 1.03. The molecule has 0 spiro atoms. The highest BCUT2D eigenvalue weighted by atomic mass is 127. The number of hydrogen-bond acceptors (Lipinski definition) is 1. The van der Waals surface area contributed by atoms with Gasteiger partial charge in [-0.2, -0.15) is 0 Å². The summed E-state index contributed by atoms with van der Waals surface area (Å²) in [5.41, 5.74) is 1.33. The second kappa shape index (κ2) is 8.11. The van der Waals surface area contributed by atoms with Gasteiger partial charge in [-0.3, -0.25) is 0 Å². The van der Waals surface area contributed by atoms with Crippen molar-refractivity contribution in [1.29, 1.82) is 0 Å². The highest BCUT2D eigenvalue weighted by molar-refractivity contribution is 7.17. The zero-order valence-electron chi connectivity index (χ0n) is 13.3. The van der Waals surface area contributed by atoms with Crippen LogP contribution in [0.3, 0.4) is 0 Å². The Hall–Kier alpha value is -0.0400. The number of thiophene rings is 1. The lowest BCUT2D eigenvalue weighted by molar-refractivity contribution is -0.916. The van der Waals surface area contributed by atoms with Crippen LogP contribution in [0.25, 0.3) is 10.8 Å². The predicted molar refractivity (Wildman–Crippen MR) is 103 cm³/mol. The maximum atomic E-state index is 6.30. The van der Waals surface area contributed by atoms with Gasteiger partial charge in [-0.05, 0) is 10.8 Å². The van der Waals surface area contributed by atoms with E-state index in [0.29, 0.717) is 14.4 Å². The molecule has 0 fully saturated rings. The minimum Gasteiger partial charge on any atom is -1.00 e. The summed E-state index contributed by atoms with van der Waals surface area (Å²) in [6.07, 6.45) is 0. The fourth-order valence-corrected chi connectivity index (χ4v) is 4.89. The van der Waals surface area contributed by atoms with Crippen LogP contribution in [-0.2, 0) is 13.1 Å². The van der Waals surface area contributed by atoms with Crippen LogP contribution in [0.1, 0.15) is 10.4 Å². The molecule has 0 bridgehead atoms. The molecule has 0 aliphatic heterocycles. The van der Waals surface area contributed by atoms with Gasteiger partial charge in [0.25, 0.3) is 0 Å². The van der Waals surface area contributed by atoms with Crippen LogP contribution in [0.2, 0.25) is 14.4 Å². The maximum absolute atomic E-state index is 6.30. The van der Waals surface area contributed by atoms with Gasteiger partial charge in [0.1, 0.15) is 17.4 Å². The average molecular weight is 513 g/mol. The zero-order chi connectivity index (χ0) is 16.6. The number of hydrogen-bond donors (Lipinski definition) is 0. The summed E-state index contributed by atoms with van der Waals surface area (Å²) >= 11 is 20.0. The SMILES string of the molecule is C[N+](C)(Cc1sc(Cl)c(Cl)c1Cl)Cc1cccc2ccccc12.[I-]. The Labute approximate surface area is 178 Å². The van der Waals surface area contributed by atoms with Crippen LogP contribution in [0.4, 0.5) is 0 Å². The zero-order valence-corrected chi connectivity index (χ0v) is 18.6. The first-order valence-corrected chi connectivity index (χ1v) is 9.23. The Bertz CT molecular complexity index is 855. The molecule has 0 atom stereocenters. The van der Waals surface area contributed by atoms with Crippen LogP contribution in [-0.4, -0.2) is 18.6 Å². The molecule has 0 aliphatic carbocycles. The molecular formula is C18H17Cl3INS. The Morgan fingerprint density at radius 2 is 1.54 bits per heavy atom. The van der Waals surface area contributed by atoms with Gasteiger partial charge >= 0.3 is 0 Å². The Balaban J connectivity index is 0.00000208. The van der Waals surface area contributed by atoms with E-state index in [1.807, 2.05) is 0 Å². The third kappa shape index (κ3) is 4.37. The molecule has 24 heavy (non-hydrogen) atoms. The van der Waals surface area contributed by atoms with Crippen LogP contribution in [0.5, 0.6) is 0 Å². The lowest BCUT2D eigenvalue weighted by Gasteiger charge is -2.30. The molecular weight excluding hydrogens is 496 g/mol. The second-order valence-electron chi connectivity index (χ2n) is 6.32. The van der Waals surface area contributed by atoms with Gasteiger partial charge < -0.3 is 28.5 Å². The first kappa shape index (κ1) is 20.3. The van der Waals surface area contributed by atoms with Crippen molar-refractivity contribution in [2.45, 2.75) is 13.1 Å². The molecule has 0 amide bonds. The highest BCUT2D eigenvalue weighted by Crippen LogP contribution is 2.41. The van der Waals surface area contributed by atoms with Gasteiger partial charge in [-0.15, -0.1) is 11.3 Å². The van der Waals surface area contributed by atoms with Gasteiger partial charge in [0.05, 0.1) is 29.0 Å². The van der Waals surface area contributed by atoms with Crippen molar-refractivity contribution < 1.29 is 28.5 Å². The van der Waals surface area contributed by atoms with Crippen LogP contribution in [0.15, 0.2) is 42.5 Å². The number of benzene rings is 2. The molecule has 128 valence electrons. The van der Waals surface area contributed by atoms with Gasteiger partial charge in [0.15, 0.2) is 0 Å². The van der Waals surface area contributed by atoms with Crippen molar-refractivity contribution in [3.63, 3.8) is 0 Å². The summed E-state index contributed by atoms with van der Waals surface area (Å²) in [5.74, 6) is 0. The monoisotopic (exact) mass is 511 g/mol. The Morgan fingerprint density at radius 1 is 0.875 bits per heavy atom. The van der Waals surface area contributed by atoms with E-state index in [4.69, 9.17) is 34.8 Å². The number of halogens is 4. The van der Waals surface area contributed by atoms with E-state index in [9.17, 15) is 0 Å². The van der Waals surface area contributed by atoms with Crippen molar-refractivity contribution in [2.24, 2.45) is 0 Å². The number of nitrogens with zero attached hydrogens (tertiary/aromatic N) is 1. The van der Waals surface area contributed by atoms with Crippen LogP contribution >= 0.6 is 46.1 Å². The predicted octanol–water partition coefficient (Wildman–Crippen LogP) is 3.64. The number of fused-ring (bicyclic) bond motifs is 1. The molecule has 1 aromatic heterocycles. The molecule has 3 rings (SSSR count). The van der Waals surface area contributed by atoms with Gasteiger partial charge in [0.2, 0.25) is 0 Å². The standard InChI is InChI=1S/C18H17Cl3NS.HI/c1-22(2,11-15-16(19)17(20)18(21)23-15)10-13-8-5-7-12-6-3-4-9-14(12)13;/h3-9H,10-11H2,1-2H3;1H/q+1;/p-1.